The van der Waals surface area contributed by atoms with Crippen LogP contribution in [-0.4, -0.2) is 16.1 Å². The van der Waals surface area contributed by atoms with E-state index in [4.69, 9.17) is 4.42 Å². The predicted molar refractivity (Wildman–Crippen MR) is 80.6 cm³/mol. The summed E-state index contributed by atoms with van der Waals surface area (Å²) in [6, 6.07) is 4.28. The Labute approximate surface area is 121 Å². The topological polar surface area (TPSA) is 43.0 Å². The highest BCUT2D eigenvalue weighted by molar-refractivity contribution is 5.03. The second-order valence-electron chi connectivity index (χ2n) is 5.10. The molecule has 0 amide bonds. The Morgan fingerprint density at radius 2 is 2.25 bits per heavy atom. The first kappa shape index (κ1) is 14.9. The summed E-state index contributed by atoms with van der Waals surface area (Å²) in [5, 5.41) is 3.61. The molecule has 0 fully saturated rings. The fourth-order valence-corrected chi connectivity index (χ4v) is 2.44. The number of hydrogen-bond acceptors (Lipinski definition) is 3. The third-order valence-electron chi connectivity index (χ3n) is 3.42. The molecular weight excluding hydrogens is 250 g/mol. The summed E-state index contributed by atoms with van der Waals surface area (Å²) in [6.07, 6.45) is 9.92. The van der Waals surface area contributed by atoms with Crippen LogP contribution in [0.4, 0.5) is 0 Å². The van der Waals surface area contributed by atoms with Crippen molar-refractivity contribution in [3.8, 4) is 0 Å². The lowest BCUT2D eigenvalue weighted by Crippen LogP contribution is -2.26. The first-order valence-electron chi connectivity index (χ1n) is 7.62. The zero-order chi connectivity index (χ0) is 14.2. The highest BCUT2D eigenvalue weighted by atomic mass is 16.3. The molecule has 0 bridgehead atoms. The number of nitrogens with zero attached hydrogens (tertiary/aromatic N) is 2. The molecule has 4 heteroatoms. The summed E-state index contributed by atoms with van der Waals surface area (Å²) >= 11 is 0. The van der Waals surface area contributed by atoms with Gasteiger partial charge in [-0.1, -0.05) is 13.8 Å². The number of nitrogens with one attached hydrogen (secondary N) is 1. The molecule has 0 spiro atoms. The minimum absolute atomic E-state index is 0.293. The molecule has 20 heavy (non-hydrogen) atoms. The van der Waals surface area contributed by atoms with E-state index in [0.717, 1.165) is 50.4 Å². The number of hydrogen-bond donors (Lipinski definition) is 1. The van der Waals surface area contributed by atoms with Crippen LogP contribution in [0.2, 0.25) is 0 Å². The Kier molecular flexibility index (Phi) is 5.87. The molecule has 2 aromatic heterocycles. The van der Waals surface area contributed by atoms with E-state index in [0.29, 0.717) is 6.04 Å². The third kappa shape index (κ3) is 3.97. The smallest absolute Gasteiger partial charge is 0.125 e. The van der Waals surface area contributed by atoms with Gasteiger partial charge < -0.3 is 14.3 Å². The number of aromatic nitrogens is 2. The summed E-state index contributed by atoms with van der Waals surface area (Å²) in [5.74, 6) is 2.19. The van der Waals surface area contributed by atoms with Crippen molar-refractivity contribution in [2.24, 2.45) is 0 Å². The summed E-state index contributed by atoms with van der Waals surface area (Å²) < 4.78 is 7.69. The zero-order valence-corrected chi connectivity index (χ0v) is 12.5. The highest BCUT2D eigenvalue weighted by Gasteiger charge is 2.16. The summed E-state index contributed by atoms with van der Waals surface area (Å²) in [4.78, 5) is 4.56. The van der Waals surface area contributed by atoms with Crippen molar-refractivity contribution in [1.82, 2.24) is 14.9 Å². The van der Waals surface area contributed by atoms with Crippen LogP contribution >= 0.6 is 0 Å². The van der Waals surface area contributed by atoms with Gasteiger partial charge in [0.05, 0.1) is 12.3 Å². The van der Waals surface area contributed by atoms with Crippen molar-refractivity contribution in [3.63, 3.8) is 0 Å². The zero-order valence-electron chi connectivity index (χ0n) is 12.5. The van der Waals surface area contributed by atoms with E-state index < -0.39 is 0 Å². The molecule has 4 nitrogen and oxygen atoms in total. The van der Waals surface area contributed by atoms with Crippen LogP contribution in [-0.2, 0) is 13.0 Å². The average Bonchev–Trinajstić information content (AvgIpc) is 3.11. The minimum atomic E-state index is 0.293. The van der Waals surface area contributed by atoms with Gasteiger partial charge in [0.15, 0.2) is 0 Å². The lowest BCUT2D eigenvalue weighted by atomic mass is 10.1. The van der Waals surface area contributed by atoms with Gasteiger partial charge in [0.25, 0.3) is 0 Å². The molecule has 1 N–H and O–H groups in total. The molecular formula is C16H25N3O. The standard InChI is InChI=1S/C16H25N3O/c1-3-9-17-15(8-7-14-6-5-13-20-14)16-18-10-12-19(16)11-4-2/h5-6,10,12-13,15,17H,3-4,7-9,11H2,1-2H3. The first-order chi connectivity index (χ1) is 9.85. The lowest BCUT2D eigenvalue weighted by Gasteiger charge is -2.19. The Hall–Kier alpha value is -1.55. The average molecular weight is 275 g/mol. The van der Waals surface area contributed by atoms with Crippen molar-refractivity contribution in [1.29, 1.82) is 0 Å². The van der Waals surface area contributed by atoms with Gasteiger partial charge >= 0.3 is 0 Å². The van der Waals surface area contributed by atoms with Crippen molar-refractivity contribution in [2.45, 2.75) is 52.1 Å². The fraction of sp³-hybridized carbons (Fsp3) is 0.562. The van der Waals surface area contributed by atoms with E-state index in [1.54, 1.807) is 6.26 Å². The SMILES string of the molecule is CCCNC(CCc1ccco1)c1nccn1CCC. The molecule has 0 radical (unpaired) electrons. The van der Waals surface area contributed by atoms with Gasteiger partial charge in [-0.05, 0) is 37.9 Å². The van der Waals surface area contributed by atoms with Crippen LogP contribution in [0.5, 0.6) is 0 Å². The molecule has 0 aliphatic rings. The van der Waals surface area contributed by atoms with Gasteiger partial charge in [-0.15, -0.1) is 0 Å². The van der Waals surface area contributed by atoms with Crippen LogP contribution in [0.15, 0.2) is 35.2 Å². The van der Waals surface area contributed by atoms with Gasteiger partial charge in [0.2, 0.25) is 0 Å². The molecule has 2 rings (SSSR count). The molecule has 0 aliphatic carbocycles. The summed E-state index contributed by atoms with van der Waals surface area (Å²) in [6.45, 7) is 6.43. The van der Waals surface area contributed by atoms with Crippen LogP contribution in [0.1, 0.15) is 50.7 Å². The minimum Gasteiger partial charge on any atom is -0.469 e. The molecule has 0 aliphatic heterocycles. The highest BCUT2D eigenvalue weighted by Crippen LogP contribution is 2.18. The van der Waals surface area contributed by atoms with E-state index in [1.165, 1.54) is 0 Å². The molecule has 0 saturated heterocycles. The van der Waals surface area contributed by atoms with E-state index in [1.807, 2.05) is 18.3 Å². The fourth-order valence-electron chi connectivity index (χ4n) is 2.44. The molecule has 0 saturated carbocycles. The Balaban J connectivity index is 2.03. The Morgan fingerprint density at radius 3 is 2.95 bits per heavy atom. The van der Waals surface area contributed by atoms with E-state index in [9.17, 15) is 0 Å². The molecule has 110 valence electrons. The van der Waals surface area contributed by atoms with Gasteiger partial charge in [0, 0.05) is 25.4 Å². The third-order valence-corrected chi connectivity index (χ3v) is 3.42. The number of aryl methyl sites for hydroxylation is 2. The van der Waals surface area contributed by atoms with E-state index in [2.05, 4.69) is 34.9 Å². The van der Waals surface area contributed by atoms with E-state index in [-0.39, 0.29) is 0 Å². The van der Waals surface area contributed by atoms with Crippen LogP contribution in [0, 0.1) is 0 Å². The maximum absolute atomic E-state index is 5.43. The predicted octanol–water partition coefficient (Wildman–Crippen LogP) is 3.56. The summed E-state index contributed by atoms with van der Waals surface area (Å²) in [7, 11) is 0. The maximum atomic E-state index is 5.43. The number of furan rings is 1. The van der Waals surface area contributed by atoms with E-state index >= 15 is 0 Å². The van der Waals surface area contributed by atoms with Crippen molar-refractivity contribution < 1.29 is 4.42 Å². The van der Waals surface area contributed by atoms with Crippen LogP contribution in [0.3, 0.4) is 0 Å². The maximum Gasteiger partial charge on any atom is 0.125 e. The molecule has 2 heterocycles. The van der Waals surface area contributed by atoms with Crippen molar-refractivity contribution in [2.75, 3.05) is 6.54 Å². The van der Waals surface area contributed by atoms with Gasteiger partial charge in [-0.3, -0.25) is 0 Å². The molecule has 2 aromatic rings. The monoisotopic (exact) mass is 275 g/mol. The van der Waals surface area contributed by atoms with Crippen molar-refractivity contribution in [3.05, 3.63) is 42.4 Å². The second-order valence-corrected chi connectivity index (χ2v) is 5.10. The lowest BCUT2D eigenvalue weighted by molar-refractivity contribution is 0.426. The number of rotatable bonds is 9. The molecule has 1 atom stereocenters. The second kappa shape index (κ2) is 7.90. The Bertz CT molecular complexity index is 476. The molecule has 1 unspecified atom stereocenters. The quantitative estimate of drug-likeness (QED) is 0.761. The normalized spacial score (nSPS) is 12.7. The summed E-state index contributed by atoms with van der Waals surface area (Å²) in [5.41, 5.74) is 0. The van der Waals surface area contributed by atoms with Gasteiger partial charge in [0.1, 0.15) is 11.6 Å². The van der Waals surface area contributed by atoms with Gasteiger partial charge in [-0.2, -0.15) is 0 Å². The Morgan fingerprint density at radius 1 is 1.35 bits per heavy atom. The van der Waals surface area contributed by atoms with Crippen LogP contribution in [0.25, 0.3) is 0 Å². The van der Waals surface area contributed by atoms with Crippen molar-refractivity contribution >= 4 is 0 Å². The van der Waals surface area contributed by atoms with Gasteiger partial charge in [-0.25, -0.2) is 4.98 Å². The first-order valence-corrected chi connectivity index (χ1v) is 7.62. The molecule has 0 aromatic carbocycles. The van der Waals surface area contributed by atoms with Crippen LogP contribution < -0.4 is 5.32 Å². The number of imidazole rings is 1. The largest absolute Gasteiger partial charge is 0.469 e.